The number of ether oxygens (including phenoxy) is 1. The maximum atomic E-state index is 12.7. The minimum absolute atomic E-state index is 0.119. The van der Waals surface area contributed by atoms with Crippen LogP contribution in [0.1, 0.15) is 26.2 Å². The molecule has 1 atom stereocenters. The van der Waals surface area contributed by atoms with E-state index in [0.717, 1.165) is 52.8 Å². The maximum Gasteiger partial charge on any atom is 0.330 e. The number of hydrogen-bond acceptors (Lipinski definition) is 7. The number of aromatic nitrogens is 4. The Balaban J connectivity index is 1.31. The second kappa shape index (κ2) is 9.72. The zero-order valence-corrected chi connectivity index (χ0v) is 20.9. The van der Waals surface area contributed by atoms with Crippen molar-refractivity contribution in [3.8, 4) is 0 Å². The van der Waals surface area contributed by atoms with Crippen LogP contribution in [0.25, 0.3) is 27.6 Å². The molecule has 1 saturated heterocycles. The van der Waals surface area contributed by atoms with Crippen LogP contribution in [0.5, 0.6) is 0 Å². The molecule has 4 aromatic rings. The summed E-state index contributed by atoms with van der Waals surface area (Å²) in [6.07, 6.45) is 4.52. The van der Waals surface area contributed by atoms with Crippen molar-refractivity contribution in [2.75, 3.05) is 42.6 Å². The van der Waals surface area contributed by atoms with Crippen LogP contribution in [0.3, 0.4) is 0 Å². The Labute approximate surface area is 214 Å². The molecule has 2 aliphatic heterocycles. The van der Waals surface area contributed by atoms with Crippen LogP contribution in [-0.4, -0.2) is 58.3 Å². The summed E-state index contributed by atoms with van der Waals surface area (Å²) in [6.45, 7) is 4.96. The average Bonchev–Trinajstić information content (AvgIpc) is 3.28. The molecule has 0 saturated carbocycles. The number of imidazole rings is 1. The molecule has 0 bridgehead atoms. The van der Waals surface area contributed by atoms with Gasteiger partial charge >= 0.3 is 11.7 Å². The van der Waals surface area contributed by atoms with E-state index in [1.807, 2.05) is 55.5 Å². The number of H-pyrrole nitrogens is 1. The van der Waals surface area contributed by atoms with Gasteiger partial charge in [-0.25, -0.2) is 9.78 Å². The van der Waals surface area contributed by atoms with Gasteiger partial charge in [0, 0.05) is 43.7 Å². The van der Waals surface area contributed by atoms with Crippen molar-refractivity contribution >= 4 is 45.4 Å². The Morgan fingerprint density at radius 2 is 1.92 bits per heavy atom. The lowest BCUT2D eigenvalue weighted by molar-refractivity contribution is -0.148. The van der Waals surface area contributed by atoms with Gasteiger partial charge in [0.1, 0.15) is 5.82 Å². The second-order valence-electron chi connectivity index (χ2n) is 9.58. The summed E-state index contributed by atoms with van der Waals surface area (Å²) in [5.74, 6) is 1.23. The molecule has 0 spiro atoms. The van der Waals surface area contributed by atoms with Crippen molar-refractivity contribution in [3.63, 3.8) is 0 Å². The molecule has 0 aliphatic carbocycles. The topological polar surface area (TPSA) is 96.4 Å². The van der Waals surface area contributed by atoms with Gasteiger partial charge in [0.25, 0.3) is 0 Å². The minimum atomic E-state index is -0.152. The van der Waals surface area contributed by atoms with Crippen molar-refractivity contribution in [3.05, 3.63) is 65.1 Å². The fraction of sp³-hybridized carbons (Fsp3) is 0.357. The van der Waals surface area contributed by atoms with E-state index in [1.54, 1.807) is 4.57 Å². The van der Waals surface area contributed by atoms with Crippen molar-refractivity contribution in [2.24, 2.45) is 5.92 Å². The molecule has 0 radical (unpaired) electrons. The lowest BCUT2D eigenvalue weighted by Crippen LogP contribution is -2.40. The molecular weight excluding hydrogens is 468 g/mol. The van der Waals surface area contributed by atoms with E-state index in [4.69, 9.17) is 14.7 Å². The predicted octanol–water partition coefficient (Wildman–Crippen LogP) is 3.80. The standard InChI is InChI=1S/C28H30N6O3/c1-2-37-26(35)19-8-7-15-33(18-19)25-21-9-3-4-10-22(21)29-27(31-25)32-16-13-20(14-17-32)34-24-12-6-5-11-23(24)30-28(34)36/h3-6,9-13,19H,2,7-8,14-18H2,1H3,(H,30,36). The smallest absolute Gasteiger partial charge is 0.330 e. The number of esters is 1. The zero-order chi connectivity index (χ0) is 25.4. The summed E-state index contributed by atoms with van der Waals surface area (Å²) in [7, 11) is 0. The monoisotopic (exact) mass is 498 g/mol. The lowest BCUT2D eigenvalue weighted by atomic mass is 9.98. The van der Waals surface area contributed by atoms with Gasteiger partial charge in [0.15, 0.2) is 0 Å². The van der Waals surface area contributed by atoms with E-state index in [0.29, 0.717) is 38.6 Å². The molecule has 2 aliphatic rings. The van der Waals surface area contributed by atoms with E-state index >= 15 is 0 Å². The summed E-state index contributed by atoms with van der Waals surface area (Å²) >= 11 is 0. The van der Waals surface area contributed by atoms with Crippen LogP contribution < -0.4 is 15.5 Å². The Morgan fingerprint density at radius 3 is 2.76 bits per heavy atom. The fourth-order valence-electron chi connectivity index (χ4n) is 5.44. The summed E-state index contributed by atoms with van der Waals surface area (Å²) in [5.41, 5.74) is 3.46. The maximum absolute atomic E-state index is 12.7. The SMILES string of the molecule is CCOC(=O)C1CCCN(c2nc(N3CC=C(n4c(=O)[nH]c5ccccc54)CC3)nc3ccccc23)C1. The zero-order valence-electron chi connectivity index (χ0n) is 20.9. The number of carbonyl (C=O) groups excluding carboxylic acids is 1. The Kier molecular flexibility index (Phi) is 6.12. The van der Waals surface area contributed by atoms with Gasteiger partial charge < -0.3 is 19.5 Å². The third kappa shape index (κ3) is 4.34. The minimum Gasteiger partial charge on any atom is -0.466 e. The van der Waals surface area contributed by atoms with Gasteiger partial charge in [-0.1, -0.05) is 24.3 Å². The molecule has 37 heavy (non-hydrogen) atoms. The molecule has 190 valence electrons. The van der Waals surface area contributed by atoms with E-state index in [9.17, 15) is 9.59 Å². The third-order valence-corrected chi connectivity index (χ3v) is 7.26. The van der Waals surface area contributed by atoms with Crippen molar-refractivity contribution in [2.45, 2.75) is 26.2 Å². The Bertz CT molecular complexity index is 1550. The number of para-hydroxylation sites is 3. The van der Waals surface area contributed by atoms with E-state index in [1.165, 1.54) is 0 Å². The van der Waals surface area contributed by atoms with Crippen LogP contribution >= 0.6 is 0 Å². The molecule has 9 nitrogen and oxygen atoms in total. The first kappa shape index (κ1) is 23.3. The lowest BCUT2D eigenvalue weighted by Gasteiger charge is -2.34. The van der Waals surface area contributed by atoms with Crippen LogP contribution in [0, 0.1) is 5.92 Å². The molecule has 9 heteroatoms. The number of aromatic amines is 1. The molecular formula is C28H30N6O3. The molecule has 1 unspecified atom stereocenters. The number of carbonyl (C=O) groups is 1. The van der Waals surface area contributed by atoms with Crippen LogP contribution in [0.15, 0.2) is 59.4 Å². The van der Waals surface area contributed by atoms with Gasteiger partial charge in [0.2, 0.25) is 5.95 Å². The number of nitrogens with one attached hydrogen (secondary N) is 1. The van der Waals surface area contributed by atoms with Gasteiger partial charge in [-0.05, 0) is 50.1 Å². The number of anilines is 2. The first-order valence-electron chi connectivity index (χ1n) is 12.9. The van der Waals surface area contributed by atoms with Crippen LogP contribution in [0.2, 0.25) is 0 Å². The largest absolute Gasteiger partial charge is 0.466 e. The summed E-state index contributed by atoms with van der Waals surface area (Å²) in [4.78, 5) is 42.3. The average molecular weight is 499 g/mol. The van der Waals surface area contributed by atoms with E-state index < -0.39 is 0 Å². The highest BCUT2D eigenvalue weighted by Gasteiger charge is 2.29. The molecule has 1 fully saturated rings. The van der Waals surface area contributed by atoms with Crippen molar-refractivity contribution in [1.29, 1.82) is 0 Å². The molecule has 2 aromatic heterocycles. The van der Waals surface area contributed by atoms with E-state index in [-0.39, 0.29) is 17.6 Å². The van der Waals surface area contributed by atoms with E-state index in [2.05, 4.69) is 20.9 Å². The highest BCUT2D eigenvalue weighted by Crippen LogP contribution is 2.31. The van der Waals surface area contributed by atoms with Gasteiger partial charge in [-0.3, -0.25) is 9.36 Å². The van der Waals surface area contributed by atoms with Gasteiger partial charge in [-0.2, -0.15) is 4.98 Å². The van der Waals surface area contributed by atoms with Crippen LogP contribution in [0.4, 0.5) is 11.8 Å². The number of nitrogens with zero attached hydrogens (tertiary/aromatic N) is 5. The molecule has 6 rings (SSSR count). The highest BCUT2D eigenvalue weighted by atomic mass is 16.5. The molecule has 4 heterocycles. The van der Waals surface area contributed by atoms with Crippen molar-refractivity contribution in [1.82, 2.24) is 19.5 Å². The number of hydrogen-bond donors (Lipinski definition) is 1. The number of fused-ring (bicyclic) bond motifs is 2. The second-order valence-corrected chi connectivity index (χ2v) is 9.58. The molecule has 2 aromatic carbocycles. The Hall–Kier alpha value is -4.14. The first-order chi connectivity index (χ1) is 18.1. The number of benzene rings is 2. The summed E-state index contributed by atoms with van der Waals surface area (Å²) < 4.78 is 7.07. The van der Waals surface area contributed by atoms with Crippen LogP contribution in [-0.2, 0) is 9.53 Å². The quantitative estimate of drug-likeness (QED) is 0.418. The number of piperidine rings is 1. The first-order valence-corrected chi connectivity index (χ1v) is 12.9. The highest BCUT2D eigenvalue weighted by molar-refractivity contribution is 5.91. The van der Waals surface area contributed by atoms with Crippen molar-refractivity contribution < 1.29 is 9.53 Å². The molecule has 0 amide bonds. The Morgan fingerprint density at radius 1 is 1.08 bits per heavy atom. The predicted molar refractivity (Wildman–Crippen MR) is 145 cm³/mol. The van der Waals surface area contributed by atoms with Gasteiger partial charge in [0.05, 0.1) is 29.1 Å². The van der Waals surface area contributed by atoms with Gasteiger partial charge in [-0.15, -0.1) is 0 Å². The fourth-order valence-corrected chi connectivity index (χ4v) is 5.44. The third-order valence-electron chi connectivity index (χ3n) is 7.26. The number of rotatable bonds is 5. The summed E-state index contributed by atoms with van der Waals surface area (Å²) in [5, 5.41) is 0.981. The molecule has 1 N–H and O–H groups in total. The summed E-state index contributed by atoms with van der Waals surface area (Å²) in [6, 6.07) is 15.8. The normalized spacial score (nSPS) is 18.3.